The molecule has 2 atom stereocenters. The van der Waals surface area contributed by atoms with Crippen molar-refractivity contribution in [2.75, 3.05) is 0 Å². The summed E-state index contributed by atoms with van der Waals surface area (Å²) in [5, 5.41) is -1.83. The number of rotatable bonds is 4. The fraction of sp³-hybridized carbons (Fsp3) is 0.143. The monoisotopic (exact) mass is 342 g/mol. The largest absolute Gasteiger partial charge is 0.285 e. The van der Waals surface area contributed by atoms with E-state index in [1.54, 1.807) is 30.3 Å². The van der Waals surface area contributed by atoms with Crippen molar-refractivity contribution >= 4 is 26.3 Å². The summed E-state index contributed by atoms with van der Waals surface area (Å²) < 4.78 is 63.3. The predicted molar refractivity (Wildman–Crippen MR) is 83.4 cm³/mol. The Balaban J connectivity index is 2.61. The highest BCUT2D eigenvalue weighted by molar-refractivity contribution is 7.91. The predicted octanol–water partition coefficient (Wildman–Crippen LogP) is 1.71. The molecule has 0 aromatic heterocycles. The zero-order chi connectivity index (χ0) is 16.4. The number of allylic oxidation sites excluding steroid dienone is 2. The molecule has 0 saturated heterocycles. The molecule has 8 heteroatoms. The molecule has 6 nitrogen and oxygen atoms in total. The van der Waals surface area contributed by atoms with E-state index in [4.69, 9.17) is 0 Å². The lowest BCUT2D eigenvalue weighted by Gasteiger charge is -2.30. The van der Waals surface area contributed by atoms with Gasteiger partial charge in [-0.3, -0.25) is 9.11 Å². The second-order valence-electron chi connectivity index (χ2n) is 4.75. The van der Waals surface area contributed by atoms with Crippen molar-refractivity contribution in [2.45, 2.75) is 10.00 Å². The molecule has 1 aromatic rings. The lowest BCUT2D eigenvalue weighted by Crippen LogP contribution is -2.49. The van der Waals surface area contributed by atoms with E-state index in [1.807, 2.05) is 0 Å². The van der Waals surface area contributed by atoms with E-state index in [0.717, 1.165) is 18.2 Å². The second-order valence-corrected chi connectivity index (χ2v) is 7.95. The molecule has 22 heavy (non-hydrogen) atoms. The van der Waals surface area contributed by atoms with Crippen LogP contribution in [0.25, 0.3) is 6.08 Å². The minimum absolute atomic E-state index is 0.613. The molecule has 1 aliphatic carbocycles. The van der Waals surface area contributed by atoms with E-state index in [1.165, 1.54) is 18.2 Å². The van der Waals surface area contributed by atoms with Gasteiger partial charge in [-0.05, 0) is 5.56 Å². The summed E-state index contributed by atoms with van der Waals surface area (Å²) in [4.78, 5) is 0. The lowest BCUT2D eigenvalue weighted by atomic mass is 9.97. The highest BCUT2D eigenvalue weighted by atomic mass is 32.2. The highest BCUT2D eigenvalue weighted by Gasteiger charge is 2.51. The van der Waals surface area contributed by atoms with Crippen LogP contribution in [0.2, 0.25) is 0 Å². The van der Waals surface area contributed by atoms with Crippen molar-refractivity contribution < 1.29 is 25.9 Å². The summed E-state index contributed by atoms with van der Waals surface area (Å²) in [6, 6.07) is 8.56. The highest BCUT2D eigenvalue weighted by Crippen LogP contribution is 2.33. The van der Waals surface area contributed by atoms with Crippen LogP contribution >= 0.6 is 0 Å². The first kappa shape index (κ1) is 16.6. The maximum absolute atomic E-state index is 11.8. The Hall–Kier alpha value is -1.74. The van der Waals surface area contributed by atoms with Crippen LogP contribution < -0.4 is 0 Å². The van der Waals surface area contributed by atoms with E-state index < -0.39 is 30.2 Å². The Bertz CT molecular complexity index is 835. The van der Waals surface area contributed by atoms with Crippen molar-refractivity contribution in [3.8, 4) is 0 Å². The van der Waals surface area contributed by atoms with Crippen LogP contribution in [0.3, 0.4) is 0 Å². The van der Waals surface area contributed by atoms with E-state index in [-0.39, 0.29) is 0 Å². The maximum Gasteiger partial charge on any atom is 0.279 e. The number of hydrogen-bond donors (Lipinski definition) is 2. The van der Waals surface area contributed by atoms with Crippen LogP contribution in [0.1, 0.15) is 5.56 Å². The molecule has 0 aliphatic heterocycles. The zero-order valence-corrected chi connectivity index (χ0v) is 12.9. The SMILES string of the molecule is O=S(=O)(O)C1C=CC=CC1(C=Cc1ccccc1)S(=O)(=O)O. The van der Waals surface area contributed by atoms with E-state index in [9.17, 15) is 25.9 Å². The topological polar surface area (TPSA) is 109 Å². The maximum atomic E-state index is 11.8. The van der Waals surface area contributed by atoms with Gasteiger partial charge in [-0.25, -0.2) is 0 Å². The van der Waals surface area contributed by atoms with Gasteiger partial charge in [0.2, 0.25) is 0 Å². The Kier molecular flexibility index (Phi) is 4.39. The first-order chi connectivity index (χ1) is 10.2. The van der Waals surface area contributed by atoms with Crippen molar-refractivity contribution in [1.29, 1.82) is 0 Å². The van der Waals surface area contributed by atoms with Crippen LogP contribution in [-0.4, -0.2) is 35.9 Å². The molecule has 2 unspecified atom stereocenters. The third-order valence-corrected chi connectivity index (χ3v) is 6.06. The molecule has 0 spiro atoms. The minimum atomic E-state index is -4.85. The van der Waals surface area contributed by atoms with Crippen molar-refractivity contribution in [2.24, 2.45) is 0 Å². The summed E-state index contributed by atoms with van der Waals surface area (Å²) in [7, 11) is -9.60. The molecule has 2 rings (SSSR count). The van der Waals surface area contributed by atoms with Gasteiger partial charge < -0.3 is 0 Å². The third-order valence-electron chi connectivity index (χ3n) is 3.30. The third kappa shape index (κ3) is 3.20. The molecule has 1 aromatic carbocycles. The molecule has 0 saturated carbocycles. The Morgan fingerprint density at radius 3 is 2.18 bits per heavy atom. The summed E-state index contributed by atoms with van der Waals surface area (Å²) in [6.45, 7) is 0. The summed E-state index contributed by atoms with van der Waals surface area (Å²) in [5.74, 6) is 0. The van der Waals surface area contributed by atoms with Crippen LogP contribution in [-0.2, 0) is 20.2 Å². The van der Waals surface area contributed by atoms with Crippen LogP contribution in [0.5, 0.6) is 0 Å². The Morgan fingerprint density at radius 2 is 1.64 bits per heavy atom. The average Bonchev–Trinajstić information content (AvgIpc) is 2.44. The van der Waals surface area contributed by atoms with Gasteiger partial charge in [-0.15, -0.1) is 0 Å². The van der Waals surface area contributed by atoms with Crippen molar-refractivity contribution in [1.82, 2.24) is 0 Å². The first-order valence-electron chi connectivity index (χ1n) is 6.20. The van der Waals surface area contributed by atoms with Crippen molar-refractivity contribution in [3.63, 3.8) is 0 Å². The van der Waals surface area contributed by atoms with Gasteiger partial charge in [0.1, 0.15) is 5.25 Å². The fourth-order valence-electron chi connectivity index (χ4n) is 2.21. The number of benzene rings is 1. The molecule has 0 heterocycles. The standard InChI is InChI=1S/C14H14O6S2/c15-21(16,17)13-8-4-5-10-14(13,22(18,19)20)11-9-12-6-2-1-3-7-12/h1-11,13H,(H,15,16,17)(H,18,19,20). The molecule has 0 bridgehead atoms. The number of hydrogen-bond acceptors (Lipinski definition) is 4. The van der Waals surface area contributed by atoms with Crippen LogP contribution in [0.15, 0.2) is 60.7 Å². The van der Waals surface area contributed by atoms with Crippen LogP contribution in [0, 0.1) is 0 Å². The fourth-order valence-corrected chi connectivity index (χ4v) is 4.71. The second kappa shape index (κ2) is 5.81. The smallest absolute Gasteiger partial charge is 0.279 e. The van der Waals surface area contributed by atoms with E-state index >= 15 is 0 Å². The minimum Gasteiger partial charge on any atom is -0.285 e. The molecular weight excluding hydrogens is 328 g/mol. The Morgan fingerprint density at radius 1 is 1.00 bits per heavy atom. The van der Waals surface area contributed by atoms with Gasteiger partial charge in [-0.2, -0.15) is 16.8 Å². The Labute approximate surface area is 129 Å². The van der Waals surface area contributed by atoms with Gasteiger partial charge in [0.25, 0.3) is 20.2 Å². The van der Waals surface area contributed by atoms with Gasteiger partial charge in [0, 0.05) is 0 Å². The molecule has 0 radical (unpaired) electrons. The van der Waals surface area contributed by atoms with Gasteiger partial charge in [-0.1, -0.05) is 66.8 Å². The van der Waals surface area contributed by atoms with Gasteiger partial charge in [0.15, 0.2) is 4.75 Å². The van der Waals surface area contributed by atoms with Crippen molar-refractivity contribution in [3.05, 3.63) is 66.3 Å². The summed E-state index contributed by atoms with van der Waals surface area (Å²) in [6.07, 6.45) is 7.05. The molecule has 0 amide bonds. The quantitative estimate of drug-likeness (QED) is 0.806. The van der Waals surface area contributed by atoms with Gasteiger partial charge in [0.05, 0.1) is 0 Å². The van der Waals surface area contributed by atoms with Gasteiger partial charge >= 0.3 is 0 Å². The van der Waals surface area contributed by atoms with E-state index in [0.29, 0.717) is 5.56 Å². The van der Waals surface area contributed by atoms with E-state index in [2.05, 4.69) is 0 Å². The first-order valence-corrected chi connectivity index (χ1v) is 9.15. The molecule has 2 N–H and O–H groups in total. The van der Waals surface area contributed by atoms with Crippen LogP contribution in [0.4, 0.5) is 0 Å². The normalized spacial score (nSPS) is 25.6. The molecule has 118 valence electrons. The summed E-state index contributed by atoms with van der Waals surface area (Å²) in [5.41, 5.74) is 0.613. The average molecular weight is 342 g/mol. The zero-order valence-electron chi connectivity index (χ0n) is 11.3. The molecule has 0 fully saturated rings. The molecular formula is C14H14O6S2. The lowest BCUT2D eigenvalue weighted by molar-refractivity contribution is 0.442. The summed E-state index contributed by atoms with van der Waals surface area (Å²) >= 11 is 0. The molecule has 1 aliphatic rings.